The van der Waals surface area contributed by atoms with E-state index in [9.17, 15) is 42.6 Å². The molecule has 4 N–H and O–H groups in total. The van der Waals surface area contributed by atoms with Crippen LogP contribution in [-0.2, 0) is 52.9 Å². The highest BCUT2D eigenvalue weighted by Gasteiger charge is 2.78. The molecule has 11 atom stereocenters. The Kier molecular flexibility index (Phi) is 13.0. The number of carbonyl (C=O) groups is 6. The second kappa shape index (κ2) is 17.8. The standard InChI is InChI=1S/C48H54N2O15S/c1-26-33(63-44(57)36(53)35(29-17-11-8-12-18-29)49-42(55)30-19-13-9-14-20-30)24-48(58)41(64-43(56)31-21-15-10-16-22-31)38-46(6,39(54)37(62-27(2)51)34(26)45(48,4)5)23-32(50-66(7,59)60)40-47(38,25-61-40)65-28(3)52/h8-22,32-33,35-38,40-41,50,53,58H,23-25H2,1-7H3,(H,49,55)/t32-,33+,35+,36-,37-,38?,40-,41+,46-,47-,48-/m1/s1. The van der Waals surface area contributed by atoms with Crippen LogP contribution >= 0.6 is 0 Å². The van der Waals surface area contributed by atoms with E-state index in [0.717, 1.165) is 20.1 Å². The van der Waals surface area contributed by atoms with E-state index in [-0.39, 0.29) is 28.7 Å². The van der Waals surface area contributed by atoms with E-state index in [4.69, 9.17) is 23.7 Å². The molecule has 4 aliphatic rings. The van der Waals surface area contributed by atoms with E-state index in [1.54, 1.807) is 92.7 Å². The van der Waals surface area contributed by atoms with E-state index < -0.39 is 129 Å². The van der Waals surface area contributed by atoms with Gasteiger partial charge in [-0.1, -0.05) is 87.5 Å². The first kappa shape index (κ1) is 48.2. The Morgan fingerprint density at radius 1 is 0.818 bits per heavy atom. The fourth-order valence-corrected chi connectivity index (χ4v) is 11.5. The van der Waals surface area contributed by atoms with Crippen molar-refractivity contribution >= 4 is 45.6 Å². The molecule has 3 aliphatic carbocycles. The third-order valence-corrected chi connectivity index (χ3v) is 14.4. The number of aliphatic hydroxyl groups is 2. The van der Waals surface area contributed by atoms with Crippen LogP contribution in [0, 0.1) is 16.7 Å². The summed E-state index contributed by atoms with van der Waals surface area (Å²) in [6, 6.07) is 21.5. The van der Waals surface area contributed by atoms with Gasteiger partial charge < -0.3 is 39.2 Å². The topological polar surface area (TPSA) is 247 Å². The van der Waals surface area contributed by atoms with Crippen molar-refractivity contribution in [2.75, 3.05) is 12.9 Å². The number of ketones is 1. The molecule has 3 aromatic rings. The number of ether oxygens (including phenoxy) is 5. The zero-order chi connectivity index (χ0) is 48.1. The Morgan fingerprint density at radius 3 is 1.92 bits per heavy atom. The van der Waals surface area contributed by atoms with Crippen LogP contribution in [-0.4, -0.2) is 115 Å². The Morgan fingerprint density at radius 2 is 1.39 bits per heavy atom. The molecule has 3 fully saturated rings. The summed E-state index contributed by atoms with van der Waals surface area (Å²) in [4.78, 5) is 84.4. The summed E-state index contributed by atoms with van der Waals surface area (Å²) >= 11 is 0. The molecule has 1 saturated heterocycles. The fourth-order valence-electron chi connectivity index (χ4n) is 10.7. The van der Waals surface area contributed by atoms with Gasteiger partial charge in [0.15, 0.2) is 23.6 Å². The number of amides is 1. The molecule has 66 heavy (non-hydrogen) atoms. The van der Waals surface area contributed by atoms with Crippen LogP contribution in [0.15, 0.2) is 102 Å². The molecule has 3 aromatic carbocycles. The number of rotatable bonds is 12. The number of benzene rings is 3. The van der Waals surface area contributed by atoms with Crippen LogP contribution in [0.25, 0.3) is 0 Å². The first-order valence-corrected chi connectivity index (χ1v) is 23.3. The van der Waals surface area contributed by atoms with Crippen molar-refractivity contribution < 1.29 is 71.1 Å². The molecule has 0 radical (unpaired) electrons. The van der Waals surface area contributed by atoms with E-state index in [1.807, 2.05) is 0 Å². The van der Waals surface area contributed by atoms with Crippen LogP contribution in [0.2, 0.25) is 0 Å². The minimum atomic E-state index is -4.03. The minimum absolute atomic E-state index is 0.0256. The molecule has 352 valence electrons. The SMILES string of the molecule is CC(=O)O[C@H]1C(=O)[C@]2(C)C[C@@H](NS(C)(=O)=O)[C@H]3OC[C@@]3(OC(C)=O)C2[C@H](OC(=O)c2ccccc2)[C@]2(O)C[C@H](OC(=O)[C@H](O)[C@@H](NC(=O)c3ccccc3)c3ccccc3)C(C)=C1C2(C)C. The van der Waals surface area contributed by atoms with Gasteiger partial charge in [0.05, 0.1) is 36.4 Å². The Hall–Kier alpha value is -5.79. The third kappa shape index (κ3) is 8.56. The van der Waals surface area contributed by atoms with Gasteiger partial charge in [-0.05, 0) is 54.3 Å². The monoisotopic (exact) mass is 930 g/mol. The van der Waals surface area contributed by atoms with Gasteiger partial charge >= 0.3 is 23.9 Å². The van der Waals surface area contributed by atoms with Gasteiger partial charge in [0.25, 0.3) is 5.91 Å². The van der Waals surface area contributed by atoms with Gasteiger partial charge in [0.2, 0.25) is 10.0 Å². The second-order valence-corrected chi connectivity index (χ2v) is 20.1. The summed E-state index contributed by atoms with van der Waals surface area (Å²) in [5.74, 6) is -6.99. The number of hydrogen-bond donors (Lipinski definition) is 4. The molecule has 0 spiro atoms. The summed E-state index contributed by atoms with van der Waals surface area (Å²) in [7, 11) is -4.03. The number of carbonyl (C=O) groups excluding carboxylic acids is 6. The molecule has 2 saturated carbocycles. The molecule has 1 heterocycles. The lowest BCUT2D eigenvalue weighted by Crippen LogP contribution is -2.83. The number of nitrogens with one attached hydrogen (secondary N) is 2. The van der Waals surface area contributed by atoms with Gasteiger partial charge in [-0.2, -0.15) is 0 Å². The largest absolute Gasteiger partial charge is 0.456 e. The Bertz CT molecular complexity index is 2550. The molecule has 17 nitrogen and oxygen atoms in total. The molecular weight excluding hydrogens is 877 g/mol. The van der Waals surface area contributed by atoms with E-state index >= 15 is 4.79 Å². The zero-order valence-electron chi connectivity index (χ0n) is 37.5. The summed E-state index contributed by atoms with van der Waals surface area (Å²) in [5.41, 5.74) is -7.32. The fraction of sp³-hybridized carbons (Fsp3) is 0.458. The maximum Gasteiger partial charge on any atom is 0.338 e. The van der Waals surface area contributed by atoms with E-state index in [0.29, 0.717) is 5.56 Å². The smallest absolute Gasteiger partial charge is 0.338 e. The van der Waals surface area contributed by atoms with Crippen molar-refractivity contribution in [1.29, 1.82) is 0 Å². The molecular formula is C48H54N2O15S. The Labute approximate surface area is 382 Å². The number of hydrogen-bond acceptors (Lipinski definition) is 15. The van der Waals surface area contributed by atoms with Gasteiger partial charge in [-0.25, -0.2) is 22.7 Å². The van der Waals surface area contributed by atoms with Gasteiger partial charge in [0, 0.05) is 36.7 Å². The summed E-state index contributed by atoms with van der Waals surface area (Å²) in [6.07, 6.45) is -8.63. The van der Waals surface area contributed by atoms with Crippen LogP contribution in [0.1, 0.15) is 86.7 Å². The first-order chi connectivity index (χ1) is 30.9. The lowest BCUT2D eigenvalue weighted by molar-refractivity contribution is -0.337. The van der Waals surface area contributed by atoms with Gasteiger partial charge in [-0.3, -0.25) is 19.2 Å². The molecule has 1 amide bonds. The van der Waals surface area contributed by atoms with Gasteiger partial charge in [-0.15, -0.1) is 0 Å². The highest BCUT2D eigenvalue weighted by atomic mass is 32.2. The van der Waals surface area contributed by atoms with E-state index in [1.165, 1.54) is 26.0 Å². The summed E-state index contributed by atoms with van der Waals surface area (Å²) in [6.45, 7) is 7.77. The number of fused-ring (bicyclic) bond motifs is 5. The van der Waals surface area contributed by atoms with Crippen molar-refractivity contribution in [3.05, 3.63) is 119 Å². The van der Waals surface area contributed by atoms with Crippen LogP contribution in [0.4, 0.5) is 0 Å². The first-order valence-electron chi connectivity index (χ1n) is 21.4. The number of Topliss-reactive ketones (excluding diaryl/α,β-unsaturated/α-hetero) is 1. The maximum absolute atomic E-state index is 15.8. The van der Waals surface area contributed by atoms with Gasteiger partial charge in [0.1, 0.15) is 23.9 Å². The summed E-state index contributed by atoms with van der Waals surface area (Å²) < 4.78 is 58.9. The quantitative estimate of drug-likeness (QED) is 0.116. The number of esters is 4. The molecule has 7 rings (SSSR count). The lowest BCUT2D eigenvalue weighted by atomic mass is 9.44. The summed E-state index contributed by atoms with van der Waals surface area (Å²) in [5, 5.41) is 28.4. The molecule has 18 heteroatoms. The molecule has 2 bridgehead atoms. The Balaban J connectivity index is 1.41. The van der Waals surface area contributed by atoms with Crippen molar-refractivity contribution in [1.82, 2.24) is 10.0 Å². The van der Waals surface area contributed by atoms with Crippen LogP contribution < -0.4 is 10.0 Å². The van der Waals surface area contributed by atoms with E-state index in [2.05, 4.69) is 10.0 Å². The van der Waals surface area contributed by atoms with Crippen molar-refractivity contribution in [2.24, 2.45) is 16.7 Å². The lowest BCUT2D eigenvalue weighted by Gasteiger charge is -2.67. The second-order valence-electron chi connectivity index (χ2n) is 18.4. The predicted molar refractivity (Wildman–Crippen MR) is 233 cm³/mol. The zero-order valence-corrected chi connectivity index (χ0v) is 38.3. The minimum Gasteiger partial charge on any atom is -0.456 e. The van der Waals surface area contributed by atoms with Crippen molar-refractivity contribution in [3.63, 3.8) is 0 Å². The highest BCUT2D eigenvalue weighted by Crippen LogP contribution is 2.64. The highest BCUT2D eigenvalue weighted by molar-refractivity contribution is 7.88. The molecule has 1 unspecified atom stereocenters. The maximum atomic E-state index is 15.8. The third-order valence-electron chi connectivity index (χ3n) is 13.7. The molecule has 1 aliphatic heterocycles. The normalized spacial score (nSPS) is 30.9. The average molecular weight is 931 g/mol. The molecule has 0 aromatic heterocycles. The van der Waals surface area contributed by atoms with Crippen molar-refractivity contribution in [2.45, 2.75) is 108 Å². The number of sulfonamides is 1. The van der Waals surface area contributed by atoms with Crippen LogP contribution in [0.3, 0.4) is 0 Å². The predicted octanol–water partition coefficient (Wildman–Crippen LogP) is 3.29. The van der Waals surface area contributed by atoms with Crippen LogP contribution in [0.5, 0.6) is 0 Å². The average Bonchev–Trinajstić information content (AvgIpc) is 3.24. The number of aliphatic hydroxyl groups excluding tert-OH is 1. The van der Waals surface area contributed by atoms with Crippen molar-refractivity contribution in [3.8, 4) is 0 Å².